The van der Waals surface area contributed by atoms with Crippen LogP contribution < -0.4 is 20.4 Å². The average Bonchev–Trinajstić information content (AvgIpc) is 3.25. The number of hydrogen-bond donors (Lipinski definition) is 0. The summed E-state index contributed by atoms with van der Waals surface area (Å²) in [6, 6.07) is 20.3. The van der Waals surface area contributed by atoms with Gasteiger partial charge in [-0.25, -0.2) is 0 Å². The van der Waals surface area contributed by atoms with E-state index in [2.05, 4.69) is 67.5 Å². The zero-order valence-corrected chi connectivity index (χ0v) is 24.4. The van der Waals surface area contributed by atoms with E-state index in [0.29, 0.717) is 23.0 Å². The Morgan fingerprint density at radius 2 is 0.750 bits per heavy atom. The van der Waals surface area contributed by atoms with Crippen molar-refractivity contribution in [3.8, 4) is 23.0 Å². The van der Waals surface area contributed by atoms with Crippen molar-refractivity contribution in [3.05, 3.63) is 60.7 Å². The average molecular weight is 536 g/mol. The van der Waals surface area contributed by atoms with Crippen molar-refractivity contribution in [3.63, 3.8) is 0 Å². The van der Waals surface area contributed by atoms with E-state index >= 15 is 0 Å². The van der Waals surface area contributed by atoms with Crippen LogP contribution in [0.15, 0.2) is 60.7 Å². The molecular weight excluding hydrogens is 502 g/mol. The maximum atomic E-state index is 6.68. The lowest BCUT2D eigenvalue weighted by Gasteiger charge is -2.32. The number of rotatable bonds is 2. The molecule has 4 aromatic carbocycles. The van der Waals surface area contributed by atoms with Crippen LogP contribution in [0.4, 0.5) is 0 Å². The van der Waals surface area contributed by atoms with Crippen LogP contribution in [0.5, 0.6) is 23.0 Å². The summed E-state index contributed by atoms with van der Waals surface area (Å²) in [6.45, 7) is 16.5. The molecule has 2 saturated heterocycles. The second-order valence-corrected chi connectivity index (χ2v) is 13.1. The molecule has 2 fully saturated rings. The summed E-state index contributed by atoms with van der Waals surface area (Å²) in [5.74, 6) is 2.59. The second-order valence-electron chi connectivity index (χ2n) is 13.1. The van der Waals surface area contributed by atoms with Crippen LogP contribution in [0, 0.1) is 0 Å². The first-order valence-electron chi connectivity index (χ1n) is 14.0. The predicted octanol–water partition coefficient (Wildman–Crippen LogP) is 6.49. The Kier molecular flexibility index (Phi) is 5.35. The normalized spacial score (nSPS) is 21.7. The van der Waals surface area contributed by atoms with Crippen LogP contribution in [-0.2, 0) is 18.6 Å². The summed E-state index contributed by atoms with van der Waals surface area (Å²) in [5, 5.41) is 3.86. The molecule has 0 bridgehead atoms. The van der Waals surface area contributed by atoms with Crippen molar-refractivity contribution in [2.45, 2.75) is 77.8 Å². The van der Waals surface area contributed by atoms with Gasteiger partial charge in [-0.2, -0.15) is 0 Å². The third kappa shape index (κ3) is 3.66. The third-order valence-electron chi connectivity index (χ3n) is 9.42. The van der Waals surface area contributed by atoms with Gasteiger partial charge >= 0.3 is 14.2 Å². The fraction of sp³-hybridized carbons (Fsp3) is 0.375. The Morgan fingerprint density at radius 1 is 0.450 bits per heavy atom. The summed E-state index contributed by atoms with van der Waals surface area (Å²) in [6.07, 6.45) is 0. The van der Waals surface area contributed by atoms with E-state index in [-0.39, 0.29) is 0 Å². The van der Waals surface area contributed by atoms with Crippen molar-refractivity contribution in [2.75, 3.05) is 0 Å². The van der Waals surface area contributed by atoms with E-state index < -0.39 is 36.6 Å². The highest BCUT2D eigenvalue weighted by Gasteiger charge is 2.53. The first kappa shape index (κ1) is 25.9. The lowest BCUT2D eigenvalue weighted by Crippen LogP contribution is -2.41. The number of benzene rings is 4. The molecule has 7 rings (SSSR count). The molecule has 0 saturated carbocycles. The zero-order valence-electron chi connectivity index (χ0n) is 24.4. The summed E-state index contributed by atoms with van der Waals surface area (Å²) < 4.78 is 39.2. The van der Waals surface area contributed by atoms with E-state index in [9.17, 15) is 0 Å². The maximum absolute atomic E-state index is 6.68. The van der Waals surface area contributed by atoms with Gasteiger partial charge in [-0.15, -0.1) is 0 Å². The third-order valence-corrected chi connectivity index (χ3v) is 9.42. The Balaban J connectivity index is 1.37. The van der Waals surface area contributed by atoms with Gasteiger partial charge in [0, 0.05) is 10.8 Å². The van der Waals surface area contributed by atoms with Gasteiger partial charge < -0.3 is 28.1 Å². The van der Waals surface area contributed by atoms with Crippen molar-refractivity contribution in [2.24, 2.45) is 0 Å². The van der Waals surface area contributed by atoms with E-state index in [1.165, 1.54) is 0 Å². The van der Waals surface area contributed by atoms with Gasteiger partial charge in [0.25, 0.3) is 0 Å². The molecular formula is C32H34B2O6. The van der Waals surface area contributed by atoms with Crippen LogP contribution >= 0.6 is 0 Å². The van der Waals surface area contributed by atoms with Crippen molar-refractivity contribution >= 4 is 46.7 Å². The molecule has 8 heteroatoms. The predicted molar refractivity (Wildman–Crippen MR) is 159 cm³/mol. The van der Waals surface area contributed by atoms with Gasteiger partial charge in [0.15, 0.2) is 23.0 Å². The fourth-order valence-electron chi connectivity index (χ4n) is 5.61. The molecule has 3 heterocycles. The van der Waals surface area contributed by atoms with Gasteiger partial charge in [0.1, 0.15) is 0 Å². The number of ether oxygens (including phenoxy) is 2. The fourth-order valence-corrected chi connectivity index (χ4v) is 5.61. The van der Waals surface area contributed by atoms with Crippen molar-refractivity contribution < 1.29 is 28.1 Å². The number of fused-ring (bicyclic) bond motifs is 6. The first-order chi connectivity index (χ1) is 18.8. The molecule has 0 aliphatic carbocycles. The molecule has 3 aliphatic heterocycles. The van der Waals surface area contributed by atoms with Crippen LogP contribution in [0.1, 0.15) is 55.4 Å². The molecule has 40 heavy (non-hydrogen) atoms. The largest absolute Gasteiger partial charge is 0.495 e. The van der Waals surface area contributed by atoms with Gasteiger partial charge in [0.2, 0.25) is 0 Å². The molecule has 0 N–H and O–H groups in total. The molecule has 204 valence electrons. The summed E-state index contributed by atoms with van der Waals surface area (Å²) >= 11 is 0. The minimum atomic E-state index is -0.535. The number of hydrogen-bond acceptors (Lipinski definition) is 6. The van der Waals surface area contributed by atoms with Gasteiger partial charge in [-0.3, -0.25) is 0 Å². The highest BCUT2D eigenvalue weighted by atomic mass is 16.7. The molecule has 6 nitrogen and oxygen atoms in total. The lowest BCUT2D eigenvalue weighted by molar-refractivity contribution is 0.00578. The Bertz CT molecular complexity index is 1540. The van der Waals surface area contributed by atoms with Gasteiger partial charge in [0.05, 0.1) is 22.4 Å². The molecule has 0 radical (unpaired) electrons. The van der Waals surface area contributed by atoms with Crippen LogP contribution in [0.25, 0.3) is 21.5 Å². The first-order valence-corrected chi connectivity index (χ1v) is 14.0. The van der Waals surface area contributed by atoms with E-state index in [0.717, 1.165) is 32.5 Å². The molecule has 0 unspecified atom stereocenters. The molecule has 0 amide bonds. The monoisotopic (exact) mass is 536 g/mol. The highest BCUT2D eigenvalue weighted by molar-refractivity contribution is 6.66. The van der Waals surface area contributed by atoms with E-state index in [1.807, 2.05) is 48.5 Å². The topological polar surface area (TPSA) is 55.4 Å². The zero-order chi connectivity index (χ0) is 28.2. The van der Waals surface area contributed by atoms with Gasteiger partial charge in [-0.05, 0) is 89.2 Å². The Morgan fingerprint density at radius 3 is 1.07 bits per heavy atom. The Hall–Kier alpha value is -3.03. The lowest BCUT2D eigenvalue weighted by atomic mass is 9.75. The van der Waals surface area contributed by atoms with Crippen molar-refractivity contribution in [1.29, 1.82) is 0 Å². The van der Waals surface area contributed by atoms with Crippen LogP contribution in [0.2, 0.25) is 0 Å². The smallest absolute Gasteiger partial charge is 0.449 e. The van der Waals surface area contributed by atoms with E-state index in [1.54, 1.807) is 0 Å². The SMILES string of the molecule is CC1(C)OB(c2cc3c(c4ccccc24)Oc2cc(B4OC(C)(C)C(C)(C)O4)c4ccccc4c2O3)OC1(C)C. The molecule has 3 aliphatic rings. The van der Waals surface area contributed by atoms with Crippen LogP contribution in [0.3, 0.4) is 0 Å². The Labute approximate surface area is 236 Å². The summed E-state index contributed by atoms with van der Waals surface area (Å²) in [5.41, 5.74) is -0.00832. The van der Waals surface area contributed by atoms with Crippen molar-refractivity contribution in [1.82, 2.24) is 0 Å². The quantitative estimate of drug-likeness (QED) is 0.241. The molecule has 0 atom stereocenters. The highest BCUT2D eigenvalue weighted by Crippen LogP contribution is 2.51. The van der Waals surface area contributed by atoms with E-state index in [4.69, 9.17) is 28.1 Å². The molecule has 0 aromatic heterocycles. The molecule has 4 aromatic rings. The summed E-state index contributed by atoms with van der Waals surface area (Å²) in [4.78, 5) is 0. The standard InChI is InChI=1S/C32H34B2O6/c1-29(2)30(3,4)38-33(37-29)23-17-25-27(21-15-11-9-13-19(21)23)36-26-18-24(34-39-31(5,6)32(7,8)40-34)20-14-10-12-16-22(20)28(26)35-25/h9-18H,1-8H3. The van der Waals surface area contributed by atoms with Gasteiger partial charge in [-0.1, -0.05) is 48.5 Å². The summed E-state index contributed by atoms with van der Waals surface area (Å²) in [7, 11) is -1.07. The second kappa shape index (κ2) is 8.26. The molecule has 0 spiro atoms. The van der Waals surface area contributed by atoms with Crippen LogP contribution in [-0.4, -0.2) is 36.6 Å². The minimum absolute atomic E-state index is 0.460. The maximum Gasteiger partial charge on any atom is 0.495 e. The minimum Gasteiger partial charge on any atom is -0.449 e.